The maximum atomic E-state index is 9.21. The second kappa shape index (κ2) is 5.44. The highest BCUT2D eigenvalue weighted by atomic mass is 16.5. The van der Waals surface area contributed by atoms with Crippen LogP contribution in [-0.2, 0) is 0 Å². The minimum absolute atomic E-state index is 0.364. The Morgan fingerprint density at radius 1 is 1.40 bits per heavy atom. The van der Waals surface area contributed by atoms with Crippen molar-refractivity contribution in [2.24, 2.45) is 5.92 Å². The SMILES string of the molecule is CCC(C)/C(=C/O)c1ccc(OC)cc1. The molecule has 0 saturated carbocycles. The Morgan fingerprint density at radius 3 is 2.40 bits per heavy atom. The maximum absolute atomic E-state index is 9.21. The third-order valence-electron chi connectivity index (χ3n) is 2.71. The van der Waals surface area contributed by atoms with E-state index >= 15 is 0 Å². The minimum atomic E-state index is 0.364. The van der Waals surface area contributed by atoms with Crippen LogP contribution >= 0.6 is 0 Å². The van der Waals surface area contributed by atoms with E-state index in [1.807, 2.05) is 24.3 Å². The van der Waals surface area contributed by atoms with Gasteiger partial charge in [-0.05, 0) is 35.6 Å². The Kier molecular flexibility index (Phi) is 4.22. The molecule has 2 heteroatoms. The normalized spacial score (nSPS) is 13.7. The third kappa shape index (κ3) is 2.75. The number of allylic oxidation sites excluding steroid dienone is 1. The van der Waals surface area contributed by atoms with Gasteiger partial charge in [0.05, 0.1) is 13.4 Å². The zero-order valence-electron chi connectivity index (χ0n) is 9.53. The molecule has 0 aromatic heterocycles. The number of ether oxygens (including phenoxy) is 1. The second-order valence-corrected chi connectivity index (χ2v) is 3.62. The van der Waals surface area contributed by atoms with Gasteiger partial charge in [0.2, 0.25) is 0 Å². The minimum Gasteiger partial charge on any atom is -0.515 e. The Labute approximate surface area is 91.2 Å². The molecule has 0 spiro atoms. The fourth-order valence-corrected chi connectivity index (χ4v) is 1.49. The summed E-state index contributed by atoms with van der Waals surface area (Å²) in [7, 11) is 1.65. The summed E-state index contributed by atoms with van der Waals surface area (Å²) >= 11 is 0. The monoisotopic (exact) mass is 206 g/mol. The van der Waals surface area contributed by atoms with Crippen molar-refractivity contribution in [2.45, 2.75) is 20.3 Å². The van der Waals surface area contributed by atoms with Gasteiger partial charge in [0.1, 0.15) is 5.75 Å². The van der Waals surface area contributed by atoms with Crippen molar-refractivity contribution in [3.63, 3.8) is 0 Å². The van der Waals surface area contributed by atoms with Crippen LogP contribution in [0.4, 0.5) is 0 Å². The lowest BCUT2D eigenvalue weighted by atomic mass is 9.93. The van der Waals surface area contributed by atoms with E-state index in [4.69, 9.17) is 4.74 Å². The van der Waals surface area contributed by atoms with Crippen LogP contribution in [0.2, 0.25) is 0 Å². The van der Waals surface area contributed by atoms with E-state index in [9.17, 15) is 5.11 Å². The standard InChI is InChI=1S/C13H18O2/c1-4-10(2)13(9-14)11-5-7-12(15-3)8-6-11/h5-10,14H,4H2,1-3H3/b13-9-. The van der Waals surface area contributed by atoms with Crippen molar-refractivity contribution in [1.29, 1.82) is 0 Å². The lowest BCUT2D eigenvalue weighted by Gasteiger charge is -2.13. The number of aliphatic hydroxyl groups excluding tert-OH is 1. The summed E-state index contributed by atoms with van der Waals surface area (Å²) in [5.74, 6) is 1.20. The molecule has 0 aliphatic heterocycles. The van der Waals surface area contributed by atoms with Gasteiger partial charge in [-0.25, -0.2) is 0 Å². The highest BCUT2D eigenvalue weighted by Gasteiger charge is 2.09. The van der Waals surface area contributed by atoms with E-state index in [-0.39, 0.29) is 0 Å². The second-order valence-electron chi connectivity index (χ2n) is 3.62. The zero-order chi connectivity index (χ0) is 11.3. The van der Waals surface area contributed by atoms with Gasteiger partial charge in [-0.1, -0.05) is 26.0 Å². The zero-order valence-corrected chi connectivity index (χ0v) is 9.53. The summed E-state index contributed by atoms with van der Waals surface area (Å²) in [5.41, 5.74) is 2.02. The first-order chi connectivity index (χ1) is 7.22. The van der Waals surface area contributed by atoms with Crippen LogP contribution in [0.15, 0.2) is 30.5 Å². The first kappa shape index (κ1) is 11.6. The molecule has 0 amide bonds. The van der Waals surface area contributed by atoms with Crippen molar-refractivity contribution >= 4 is 5.57 Å². The molecule has 0 bridgehead atoms. The number of hydrogen-bond acceptors (Lipinski definition) is 2. The molecule has 0 fully saturated rings. The number of aliphatic hydroxyl groups is 1. The van der Waals surface area contributed by atoms with Gasteiger partial charge < -0.3 is 9.84 Å². The molecule has 2 nitrogen and oxygen atoms in total. The molecule has 82 valence electrons. The van der Waals surface area contributed by atoms with Crippen LogP contribution in [0.1, 0.15) is 25.8 Å². The van der Waals surface area contributed by atoms with Gasteiger partial charge in [0.15, 0.2) is 0 Å². The highest BCUT2D eigenvalue weighted by molar-refractivity contribution is 5.66. The summed E-state index contributed by atoms with van der Waals surface area (Å²) in [6.07, 6.45) is 2.22. The van der Waals surface area contributed by atoms with Gasteiger partial charge in [0.25, 0.3) is 0 Å². The lowest BCUT2D eigenvalue weighted by Crippen LogP contribution is -1.97. The third-order valence-corrected chi connectivity index (χ3v) is 2.71. The van der Waals surface area contributed by atoms with Gasteiger partial charge in [0, 0.05) is 0 Å². The van der Waals surface area contributed by atoms with E-state index < -0.39 is 0 Å². The molecule has 0 heterocycles. The van der Waals surface area contributed by atoms with E-state index in [1.165, 1.54) is 6.26 Å². The average Bonchev–Trinajstić information content (AvgIpc) is 2.30. The highest BCUT2D eigenvalue weighted by Crippen LogP contribution is 2.26. The first-order valence-corrected chi connectivity index (χ1v) is 5.21. The lowest BCUT2D eigenvalue weighted by molar-refractivity contribution is 0.414. The molecule has 0 saturated heterocycles. The van der Waals surface area contributed by atoms with Crippen molar-refractivity contribution in [2.75, 3.05) is 7.11 Å². The molecule has 1 rings (SSSR count). The maximum Gasteiger partial charge on any atom is 0.118 e. The summed E-state index contributed by atoms with van der Waals surface area (Å²) in [6, 6.07) is 7.74. The Balaban J connectivity index is 2.94. The molecule has 1 unspecified atom stereocenters. The topological polar surface area (TPSA) is 29.5 Å². The smallest absolute Gasteiger partial charge is 0.118 e. The van der Waals surface area contributed by atoms with Crippen LogP contribution in [-0.4, -0.2) is 12.2 Å². The van der Waals surface area contributed by atoms with Crippen molar-refractivity contribution in [1.82, 2.24) is 0 Å². The Morgan fingerprint density at radius 2 is 2.00 bits per heavy atom. The van der Waals surface area contributed by atoms with E-state index in [1.54, 1.807) is 7.11 Å². The summed E-state index contributed by atoms with van der Waals surface area (Å²) in [4.78, 5) is 0. The number of benzene rings is 1. The average molecular weight is 206 g/mol. The molecule has 1 aromatic rings. The number of rotatable bonds is 4. The van der Waals surface area contributed by atoms with Crippen LogP contribution in [0.3, 0.4) is 0 Å². The summed E-state index contributed by atoms with van der Waals surface area (Å²) < 4.78 is 5.09. The van der Waals surface area contributed by atoms with Gasteiger partial charge in [-0.2, -0.15) is 0 Å². The predicted octanol–water partition coefficient (Wildman–Crippen LogP) is 3.64. The molecular weight excluding hydrogens is 188 g/mol. The van der Waals surface area contributed by atoms with Crippen molar-refractivity contribution in [3.05, 3.63) is 36.1 Å². The van der Waals surface area contributed by atoms with Crippen molar-refractivity contribution in [3.8, 4) is 5.75 Å². The van der Waals surface area contributed by atoms with Gasteiger partial charge in [-0.3, -0.25) is 0 Å². The van der Waals surface area contributed by atoms with Crippen LogP contribution in [0.25, 0.3) is 5.57 Å². The van der Waals surface area contributed by atoms with E-state index in [0.29, 0.717) is 5.92 Å². The van der Waals surface area contributed by atoms with Crippen LogP contribution in [0.5, 0.6) is 5.75 Å². The molecule has 1 N–H and O–H groups in total. The van der Waals surface area contributed by atoms with E-state index in [0.717, 1.165) is 23.3 Å². The first-order valence-electron chi connectivity index (χ1n) is 5.21. The predicted molar refractivity (Wildman–Crippen MR) is 63.1 cm³/mol. The number of methoxy groups -OCH3 is 1. The fraction of sp³-hybridized carbons (Fsp3) is 0.385. The molecule has 0 radical (unpaired) electrons. The molecule has 15 heavy (non-hydrogen) atoms. The summed E-state index contributed by atoms with van der Waals surface area (Å²) in [6.45, 7) is 4.21. The van der Waals surface area contributed by atoms with Gasteiger partial charge in [-0.15, -0.1) is 0 Å². The number of hydrogen-bond donors (Lipinski definition) is 1. The molecule has 1 atom stereocenters. The van der Waals surface area contributed by atoms with Crippen LogP contribution < -0.4 is 4.74 Å². The Hall–Kier alpha value is -1.44. The molecule has 0 aliphatic carbocycles. The summed E-state index contributed by atoms with van der Waals surface area (Å²) in [5, 5.41) is 9.21. The van der Waals surface area contributed by atoms with Crippen LogP contribution in [0, 0.1) is 5.92 Å². The quantitative estimate of drug-likeness (QED) is 0.762. The van der Waals surface area contributed by atoms with Crippen molar-refractivity contribution < 1.29 is 9.84 Å². The molecule has 0 aliphatic rings. The van der Waals surface area contributed by atoms with Gasteiger partial charge >= 0.3 is 0 Å². The van der Waals surface area contributed by atoms with E-state index in [2.05, 4.69) is 13.8 Å². The molecule has 1 aromatic carbocycles. The Bertz CT molecular complexity index is 325. The molecular formula is C13H18O2. The fourth-order valence-electron chi connectivity index (χ4n) is 1.49. The largest absolute Gasteiger partial charge is 0.515 e.